The summed E-state index contributed by atoms with van der Waals surface area (Å²) in [6.07, 6.45) is 1.01. The molecule has 0 saturated carbocycles. The zero-order chi connectivity index (χ0) is 29.9. The fourth-order valence-electron chi connectivity index (χ4n) is 6.09. The summed E-state index contributed by atoms with van der Waals surface area (Å²) < 4.78 is 13.4. The van der Waals surface area contributed by atoms with Crippen LogP contribution in [0, 0.1) is 11.7 Å². The molecule has 1 aliphatic rings. The molecule has 5 aromatic rings. The second kappa shape index (κ2) is 12.4. The molecule has 1 heterocycles. The zero-order valence-corrected chi connectivity index (χ0v) is 24.3. The van der Waals surface area contributed by atoms with Crippen molar-refractivity contribution >= 4 is 22.9 Å². The van der Waals surface area contributed by atoms with E-state index in [1.807, 2.05) is 36.4 Å². The first kappa shape index (κ1) is 28.6. The number of aromatic hydroxyl groups is 2. The van der Waals surface area contributed by atoms with Gasteiger partial charge in [0, 0.05) is 17.7 Å². The fourth-order valence-corrected chi connectivity index (χ4v) is 6.52. The van der Waals surface area contributed by atoms with E-state index >= 15 is 0 Å². The standard InChI is InChI=1S/C37H32FNO3S/c38-30-15-9-26(10-16-30)34(41)20-14-29-23-36(43)39(31-17-11-25(12-18-31)24-5-2-1-3-6-24)37(29)33-19-13-28(22-35(33)42)27-7-4-8-32(40)21-27/h1-13,15-19,21-22,29,34,37,40-42H,14,20,23H2. The van der Waals surface area contributed by atoms with Crippen LogP contribution in [0.2, 0.25) is 0 Å². The van der Waals surface area contributed by atoms with E-state index < -0.39 is 6.10 Å². The Morgan fingerprint density at radius 2 is 1.40 bits per heavy atom. The maximum atomic E-state index is 13.4. The Bertz CT molecular complexity index is 1720. The van der Waals surface area contributed by atoms with E-state index in [0.717, 1.165) is 38.5 Å². The number of nitrogens with zero attached hydrogens (tertiary/aromatic N) is 1. The number of anilines is 1. The molecule has 3 N–H and O–H groups in total. The number of hydrogen-bond acceptors (Lipinski definition) is 4. The van der Waals surface area contributed by atoms with Crippen LogP contribution in [0.15, 0.2) is 121 Å². The second-order valence-electron chi connectivity index (χ2n) is 11.1. The molecule has 5 aromatic carbocycles. The maximum Gasteiger partial charge on any atom is 0.123 e. The monoisotopic (exact) mass is 589 g/mol. The van der Waals surface area contributed by atoms with E-state index in [9.17, 15) is 19.7 Å². The summed E-state index contributed by atoms with van der Waals surface area (Å²) in [6, 6.07) is 36.7. The third-order valence-electron chi connectivity index (χ3n) is 8.28. The van der Waals surface area contributed by atoms with E-state index in [4.69, 9.17) is 12.2 Å². The van der Waals surface area contributed by atoms with Gasteiger partial charge in [0.1, 0.15) is 17.3 Å². The Morgan fingerprint density at radius 3 is 2.09 bits per heavy atom. The molecule has 0 radical (unpaired) electrons. The fraction of sp³-hybridized carbons (Fsp3) is 0.162. The average molecular weight is 590 g/mol. The van der Waals surface area contributed by atoms with Crippen LogP contribution in [0.4, 0.5) is 10.1 Å². The molecule has 0 bridgehead atoms. The van der Waals surface area contributed by atoms with Gasteiger partial charge >= 0.3 is 0 Å². The SMILES string of the molecule is Oc1cccc(-c2ccc(C3C(CCC(O)c4ccc(F)cc4)CC(=S)N3c3ccc(-c4ccccc4)cc3)c(O)c2)c1. The van der Waals surface area contributed by atoms with Crippen LogP contribution in [-0.4, -0.2) is 20.3 Å². The molecule has 43 heavy (non-hydrogen) atoms. The largest absolute Gasteiger partial charge is 0.508 e. The van der Waals surface area contributed by atoms with Gasteiger partial charge in [0.15, 0.2) is 0 Å². The minimum absolute atomic E-state index is 0.0221. The predicted molar refractivity (Wildman–Crippen MR) is 174 cm³/mol. The van der Waals surface area contributed by atoms with Gasteiger partial charge < -0.3 is 20.2 Å². The molecule has 1 fully saturated rings. The lowest BCUT2D eigenvalue weighted by Gasteiger charge is -2.31. The molecular formula is C37H32FNO3S. The van der Waals surface area contributed by atoms with Crippen molar-refractivity contribution in [3.63, 3.8) is 0 Å². The van der Waals surface area contributed by atoms with Crippen LogP contribution >= 0.6 is 12.2 Å². The van der Waals surface area contributed by atoms with Gasteiger partial charge in [0.2, 0.25) is 0 Å². The third-order valence-corrected chi connectivity index (χ3v) is 8.64. The molecule has 4 nitrogen and oxygen atoms in total. The first-order valence-electron chi connectivity index (χ1n) is 14.4. The third kappa shape index (κ3) is 6.17. The molecule has 0 amide bonds. The number of halogens is 1. The van der Waals surface area contributed by atoms with Crippen molar-refractivity contribution in [2.75, 3.05) is 4.90 Å². The molecule has 3 atom stereocenters. The first-order chi connectivity index (χ1) is 20.9. The summed E-state index contributed by atoms with van der Waals surface area (Å²) in [6.45, 7) is 0. The average Bonchev–Trinajstić information content (AvgIpc) is 3.36. The van der Waals surface area contributed by atoms with Crippen LogP contribution in [-0.2, 0) is 0 Å². The molecule has 0 aliphatic carbocycles. The van der Waals surface area contributed by atoms with E-state index in [0.29, 0.717) is 24.8 Å². The van der Waals surface area contributed by atoms with Crippen LogP contribution in [0.5, 0.6) is 11.5 Å². The molecule has 1 aliphatic heterocycles. The number of benzene rings is 5. The number of aliphatic hydroxyl groups excluding tert-OH is 1. The van der Waals surface area contributed by atoms with Gasteiger partial charge in [0.25, 0.3) is 0 Å². The first-order valence-corrected chi connectivity index (χ1v) is 14.8. The lowest BCUT2D eigenvalue weighted by Crippen LogP contribution is -2.28. The maximum absolute atomic E-state index is 13.4. The molecule has 216 valence electrons. The lowest BCUT2D eigenvalue weighted by molar-refractivity contribution is 0.155. The van der Waals surface area contributed by atoms with Gasteiger partial charge in [-0.15, -0.1) is 0 Å². The topological polar surface area (TPSA) is 63.9 Å². The van der Waals surface area contributed by atoms with Crippen molar-refractivity contribution < 1.29 is 19.7 Å². The summed E-state index contributed by atoms with van der Waals surface area (Å²) >= 11 is 5.96. The minimum Gasteiger partial charge on any atom is -0.508 e. The van der Waals surface area contributed by atoms with Gasteiger partial charge in [-0.3, -0.25) is 0 Å². The number of thiocarbonyl (C=S) groups is 1. The highest BCUT2D eigenvalue weighted by molar-refractivity contribution is 7.80. The Hall–Kier alpha value is -4.52. The van der Waals surface area contributed by atoms with Gasteiger partial charge in [0.05, 0.1) is 17.1 Å². The Kier molecular flexibility index (Phi) is 8.23. The van der Waals surface area contributed by atoms with E-state index in [2.05, 4.69) is 41.3 Å². The molecule has 1 saturated heterocycles. The van der Waals surface area contributed by atoms with Gasteiger partial charge in [-0.1, -0.05) is 91.1 Å². The van der Waals surface area contributed by atoms with Crippen LogP contribution < -0.4 is 4.90 Å². The van der Waals surface area contributed by atoms with Crippen molar-refractivity contribution in [1.29, 1.82) is 0 Å². The number of phenolic OH excluding ortho intramolecular Hbond substituents is 2. The van der Waals surface area contributed by atoms with Crippen molar-refractivity contribution in [2.24, 2.45) is 5.92 Å². The number of phenols is 2. The molecule has 0 spiro atoms. The summed E-state index contributed by atoms with van der Waals surface area (Å²) in [7, 11) is 0. The smallest absolute Gasteiger partial charge is 0.123 e. The predicted octanol–water partition coefficient (Wildman–Crippen LogP) is 8.98. The Morgan fingerprint density at radius 1 is 0.744 bits per heavy atom. The highest BCUT2D eigenvalue weighted by atomic mass is 32.1. The van der Waals surface area contributed by atoms with Gasteiger partial charge in [-0.25, -0.2) is 4.39 Å². The molecule has 6 rings (SSSR count). The molecule has 6 heteroatoms. The Labute approximate surface area is 256 Å². The minimum atomic E-state index is -0.740. The van der Waals surface area contributed by atoms with Gasteiger partial charge in [-0.2, -0.15) is 0 Å². The summed E-state index contributed by atoms with van der Waals surface area (Å²) in [5.74, 6) is -0.0118. The van der Waals surface area contributed by atoms with Crippen molar-refractivity contribution in [2.45, 2.75) is 31.4 Å². The van der Waals surface area contributed by atoms with Crippen molar-refractivity contribution in [1.82, 2.24) is 0 Å². The van der Waals surface area contributed by atoms with Crippen molar-refractivity contribution in [3.05, 3.63) is 138 Å². The van der Waals surface area contributed by atoms with E-state index in [1.54, 1.807) is 36.4 Å². The molecular weight excluding hydrogens is 557 g/mol. The Balaban J connectivity index is 1.33. The highest BCUT2D eigenvalue weighted by Crippen LogP contribution is 2.48. The second-order valence-corrected chi connectivity index (χ2v) is 11.5. The number of hydrogen-bond donors (Lipinski definition) is 3. The van der Waals surface area contributed by atoms with Crippen LogP contribution in [0.25, 0.3) is 22.3 Å². The zero-order valence-electron chi connectivity index (χ0n) is 23.5. The summed E-state index contributed by atoms with van der Waals surface area (Å²) in [5, 5.41) is 32.3. The molecule has 3 unspecified atom stereocenters. The van der Waals surface area contributed by atoms with E-state index in [-0.39, 0.29) is 29.3 Å². The van der Waals surface area contributed by atoms with E-state index in [1.165, 1.54) is 12.1 Å². The summed E-state index contributed by atoms with van der Waals surface area (Å²) in [4.78, 5) is 2.90. The highest BCUT2D eigenvalue weighted by Gasteiger charge is 2.40. The number of aliphatic hydroxyl groups is 1. The van der Waals surface area contributed by atoms with Crippen molar-refractivity contribution in [3.8, 4) is 33.8 Å². The normalized spacial score (nSPS) is 17.3. The van der Waals surface area contributed by atoms with Crippen LogP contribution in [0.1, 0.15) is 42.5 Å². The lowest BCUT2D eigenvalue weighted by atomic mass is 9.86. The number of rotatable bonds is 8. The quantitative estimate of drug-likeness (QED) is 0.158. The summed E-state index contributed by atoms with van der Waals surface area (Å²) in [5.41, 5.74) is 6.18. The van der Waals surface area contributed by atoms with Crippen LogP contribution in [0.3, 0.4) is 0 Å². The molecule has 0 aromatic heterocycles. The van der Waals surface area contributed by atoms with Gasteiger partial charge in [-0.05, 0) is 89.0 Å².